The summed E-state index contributed by atoms with van der Waals surface area (Å²) in [4.78, 5) is 3.89. The largest absolute Gasteiger partial charge is 0.471 e. The minimum absolute atomic E-state index is 0.0255. The summed E-state index contributed by atoms with van der Waals surface area (Å²) in [7, 11) is -3.10. The van der Waals surface area contributed by atoms with Crippen molar-refractivity contribution in [2.24, 2.45) is 0 Å². The van der Waals surface area contributed by atoms with Crippen molar-refractivity contribution in [3.05, 3.63) is 24.1 Å². The van der Waals surface area contributed by atoms with E-state index in [1.807, 2.05) is 0 Å². The van der Waals surface area contributed by atoms with E-state index < -0.39 is 15.8 Å². The molecule has 2 aliphatic rings. The number of pyridine rings is 1. The van der Waals surface area contributed by atoms with Gasteiger partial charge in [0, 0.05) is 36.2 Å². The van der Waals surface area contributed by atoms with Crippen LogP contribution < -0.4 is 4.74 Å². The predicted octanol–water partition coefficient (Wildman–Crippen LogP) is 1.51. The second-order valence-corrected chi connectivity index (χ2v) is 9.14. The van der Waals surface area contributed by atoms with Crippen LogP contribution in [0.15, 0.2) is 18.3 Å². The summed E-state index contributed by atoms with van der Waals surface area (Å²) >= 11 is 1.71. The molecule has 116 valence electrons. The molecule has 1 spiro atoms. The Bertz CT molecular complexity index is 632. The van der Waals surface area contributed by atoms with E-state index in [4.69, 9.17) is 4.74 Å². The second kappa shape index (κ2) is 5.40. The van der Waals surface area contributed by atoms with Crippen LogP contribution in [0, 0.1) is 5.82 Å². The molecule has 0 saturated carbocycles. The number of nitrogens with zero attached hydrogens (tertiary/aromatic N) is 2. The van der Waals surface area contributed by atoms with E-state index in [1.54, 1.807) is 18.7 Å². The Hall–Kier alpha value is -0.860. The molecule has 2 saturated heterocycles. The fourth-order valence-corrected chi connectivity index (χ4v) is 5.63. The first-order valence-corrected chi connectivity index (χ1v) is 9.42. The van der Waals surface area contributed by atoms with Gasteiger partial charge in [0.05, 0.1) is 5.75 Å². The fraction of sp³-hybridized carbons (Fsp3) is 0.615. The zero-order chi connectivity index (χ0) is 15.1. The lowest BCUT2D eigenvalue weighted by atomic mass is 9.95. The maximum atomic E-state index is 13.5. The topological polar surface area (TPSA) is 59.5 Å². The molecule has 0 N–H and O–H groups in total. The quantitative estimate of drug-likeness (QED) is 0.836. The number of aromatic nitrogens is 1. The third kappa shape index (κ3) is 2.89. The van der Waals surface area contributed by atoms with Crippen molar-refractivity contribution < 1.29 is 17.5 Å². The van der Waals surface area contributed by atoms with Gasteiger partial charge in [-0.25, -0.2) is 17.8 Å². The minimum atomic E-state index is -3.10. The summed E-state index contributed by atoms with van der Waals surface area (Å²) in [5.74, 6) is 0.424. The second-order valence-electron chi connectivity index (χ2n) is 5.40. The number of halogens is 1. The summed E-state index contributed by atoms with van der Waals surface area (Å²) < 4.78 is 44.1. The molecular formula is C13H17FN2O3S2. The smallest absolute Gasteiger partial charge is 0.250 e. The van der Waals surface area contributed by atoms with Crippen LogP contribution in [-0.4, -0.2) is 53.2 Å². The Morgan fingerprint density at radius 1 is 1.57 bits per heavy atom. The number of thioether (sulfide) groups is 1. The third-order valence-corrected chi connectivity index (χ3v) is 7.22. The molecule has 1 atom stereocenters. The van der Waals surface area contributed by atoms with Gasteiger partial charge in [-0.05, 0) is 19.1 Å². The molecular weight excluding hydrogens is 315 g/mol. The number of sulfonamides is 1. The van der Waals surface area contributed by atoms with Gasteiger partial charge >= 0.3 is 0 Å². The molecule has 2 aliphatic heterocycles. The van der Waals surface area contributed by atoms with Crippen molar-refractivity contribution in [1.82, 2.24) is 9.29 Å². The summed E-state index contributed by atoms with van der Waals surface area (Å²) in [5, 5.41) is 0. The molecule has 0 unspecified atom stereocenters. The van der Waals surface area contributed by atoms with E-state index in [0.29, 0.717) is 13.1 Å². The maximum Gasteiger partial charge on any atom is 0.250 e. The zero-order valence-electron chi connectivity index (χ0n) is 11.7. The molecule has 1 aromatic rings. The van der Waals surface area contributed by atoms with Crippen molar-refractivity contribution in [2.75, 3.05) is 24.6 Å². The monoisotopic (exact) mass is 332 g/mol. The van der Waals surface area contributed by atoms with Crippen LogP contribution >= 0.6 is 11.8 Å². The highest BCUT2D eigenvalue weighted by Gasteiger charge is 2.53. The summed E-state index contributed by atoms with van der Waals surface area (Å²) in [6.07, 6.45) is 2.10. The molecule has 0 amide bonds. The molecule has 3 rings (SSSR count). The standard InChI is InChI=1S/C13H17FN2O3S2/c1-2-21(17,18)16-8-13(9-16)6-10(7-20-13)19-12-11(14)4-3-5-15-12/h3-5,10H,2,6-9H2,1H3/t10-/m1/s1. The first kappa shape index (κ1) is 15.1. The Kier molecular flexibility index (Phi) is 3.87. The number of ether oxygens (including phenoxy) is 1. The first-order valence-electron chi connectivity index (χ1n) is 6.83. The molecule has 8 heteroatoms. The van der Waals surface area contributed by atoms with Gasteiger partial charge in [0.1, 0.15) is 6.10 Å². The van der Waals surface area contributed by atoms with Crippen LogP contribution in [0.25, 0.3) is 0 Å². The normalized spacial score (nSPS) is 25.0. The van der Waals surface area contributed by atoms with Crippen LogP contribution in [-0.2, 0) is 10.0 Å². The van der Waals surface area contributed by atoms with E-state index in [1.165, 1.54) is 22.6 Å². The van der Waals surface area contributed by atoms with Gasteiger partial charge in [-0.3, -0.25) is 0 Å². The lowest BCUT2D eigenvalue weighted by molar-refractivity contribution is 0.151. The van der Waals surface area contributed by atoms with Crippen LogP contribution in [0.1, 0.15) is 13.3 Å². The van der Waals surface area contributed by atoms with E-state index in [0.717, 1.165) is 12.2 Å². The maximum absolute atomic E-state index is 13.5. The summed E-state index contributed by atoms with van der Waals surface area (Å²) in [6.45, 7) is 2.70. The Morgan fingerprint density at radius 2 is 2.33 bits per heavy atom. The SMILES string of the molecule is CCS(=O)(=O)N1CC2(C[C@@H](Oc3ncccc3F)CS2)C1. The van der Waals surface area contributed by atoms with Gasteiger partial charge in [0.2, 0.25) is 10.0 Å². The molecule has 0 aliphatic carbocycles. The van der Waals surface area contributed by atoms with Crippen LogP contribution in [0.4, 0.5) is 4.39 Å². The van der Waals surface area contributed by atoms with Crippen LogP contribution in [0.5, 0.6) is 5.88 Å². The van der Waals surface area contributed by atoms with Gasteiger partial charge in [-0.15, -0.1) is 11.8 Å². The van der Waals surface area contributed by atoms with Crippen LogP contribution in [0.2, 0.25) is 0 Å². The molecule has 21 heavy (non-hydrogen) atoms. The van der Waals surface area contributed by atoms with E-state index in [9.17, 15) is 12.8 Å². The molecule has 0 aromatic carbocycles. The van der Waals surface area contributed by atoms with Gasteiger partial charge < -0.3 is 4.74 Å². The predicted molar refractivity (Wildman–Crippen MR) is 79.5 cm³/mol. The highest BCUT2D eigenvalue weighted by atomic mass is 32.2. The van der Waals surface area contributed by atoms with Crippen molar-refractivity contribution in [3.8, 4) is 5.88 Å². The molecule has 0 radical (unpaired) electrons. The molecule has 3 heterocycles. The van der Waals surface area contributed by atoms with Crippen molar-refractivity contribution in [3.63, 3.8) is 0 Å². The Morgan fingerprint density at radius 3 is 3.00 bits per heavy atom. The van der Waals surface area contributed by atoms with Crippen LogP contribution in [0.3, 0.4) is 0 Å². The highest BCUT2D eigenvalue weighted by molar-refractivity contribution is 8.01. The molecule has 1 aromatic heterocycles. The van der Waals surface area contributed by atoms with Gasteiger partial charge in [0.15, 0.2) is 5.82 Å². The van der Waals surface area contributed by atoms with Gasteiger partial charge in [0.25, 0.3) is 5.88 Å². The first-order chi connectivity index (χ1) is 9.94. The van der Waals surface area contributed by atoms with Crippen molar-refractivity contribution in [1.29, 1.82) is 0 Å². The highest BCUT2D eigenvalue weighted by Crippen LogP contribution is 2.47. The van der Waals surface area contributed by atoms with Crippen molar-refractivity contribution in [2.45, 2.75) is 24.2 Å². The number of hydrogen-bond donors (Lipinski definition) is 0. The zero-order valence-corrected chi connectivity index (χ0v) is 13.3. The molecule has 0 bridgehead atoms. The summed E-state index contributed by atoms with van der Waals surface area (Å²) in [5.41, 5.74) is 0. The Balaban J connectivity index is 1.59. The molecule has 2 fully saturated rings. The number of rotatable bonds is 4. The molecule has 5 nitrogen and oxygen atoms in total. The lowest BCUT2D eigenvalue weighted by Crippen LogP contribution is -2.61. The Labute approximate surface area is 127 Å². The summed E-state index contributed by atoms with van der Waals surface area (Å²) in [6, 6.07) is 2.84. The van der Waals surface area contributed by atoms with E-state index in [-0.39, 0.29) is 22.5 Å². The van der Waals surface area contributed by atoms with Gasteiger partial charge in [-0.1, -0.05) is 0 Å². The van der Waals surface area contributed by atoms with E-state index >= 15 is 0 Å². The minimum Gasteiger partial charge on any atom is -0.471 e. The average molecular weight is 332 g/mol. The third-order valence-electron chi connectivity index (χ3n) is 3.87. The number of hydrogen-bond acceptors (Lipinski definition) is 5. The fourth-order valence-electron chi connectivity index (χ4n) is 2.69. The average Bonchev–Trinajstić information content (AvgIpc) is 2.84. The lowest BCUT2D eigenvalue weighted by Gasteiger charge is -2.46. The van der Waals surface area contributed by atoms with Crippen molar-refractivity contribution >= 4 is 21.8 Å². The van der Waals surface area contributed by atoms with E-state index in [2.05, 4.69) is 4.98 Å². The van der Waals surface area contributed by atoms with Gasteiger partial charge in [-0.2, -0.15) is 4.31 Å².